The first kappa shape index (κ1) is 15.9. The third-order valence-corrected chi connectivity index (χ3v) is 6.48. The summed E-state index contributed by atoms with van der Waals surface area (Å²) in [6.07, 6.45) is 4.87. The summed E-state index contributed by atoms with van der Waals surface area (Å²) in [6, 6.07) is 0.156. The molecule has 1 aromatic rings. The van der Waals surface area contributed by atoms with E-state index in [-0.39, 0.29) is 18.3 Å². The molecule has 1 saturated heterocycles. The standard InChI is InChI=1S/C14H24N4O3S/c1-11(2)18-8-13(15-16-18)14(19)6-3-7-17(10-14)22(20,21)9-12-4-5-12/h8,11-12,19H,3-7,9-10H2,1-2H3/t14-/m0/s1. The third kappa shape index (κ3) is 3.18. The Labute approximate surface area is 131 Å². The molecule has 1 saturated carbocycles. The fourth-order valence-corrected chi connectivity index (χ4v) is 4.83. The van der Waals surface area contributed by atoms with Crippen LogP contribution in [0.1, 0.15) is 51.3 Å². The summed E-state index contributed by atoms with van der Waals surface area (Å²) in [6.45, 7) is 4.53. The normalized spacial score (nSPS) is 27.5. The van der Waals surface area contributed by atoms with Crippen LogP contribution >= 0.6 is 0 Å². The van der Waals surface area contributed by atoms with Gasteiger partial charge in [-0.25, -0.2) is 13.1 Å². The van der Waals surface area contributed by atoms with Gasteiger partial charge in [0.1, 0.15) is 11.3 Å². The highest BCUT2D eigenvalue weighted by atomic mass is 32.2. The average molecular weight is 328 g/mol. The predicted molar refractivity (Wildman–Crippen MR) is 81.6 cm³/mol. The molecule has 8 heteroatoms. The number of rotatable bonds is 5. The zero-order valence-corrected chi connectivity index (χ0v) is 14.0. The van der Waals surface area contributed by atoms with E-state index in [2.05, 4.69) is 10.3 Å². The van der Waals surface area contributed by atoms with Gasteiger partial charge in [-0.1, -0.05) is 5.21 Å². The lowest BCUT2D eigenvalue weighted by Crippen LogP contribution is -2.49. The van der Waals surface area contributed by atoms with Crippen molar-refractivity contribution in [1.29, 1.82) is 0 Å². The first-order chi connectivity index (χ1) is 10.3. The monoisotopic (exact) mass is 328 g/mol. The molecule has 1 atom stereocenters. The molecule has 22 heavy (non-hydrogen) atoms. The Bertz CT molecular complexity index is 638. The fourth-order valence-electron chi connectivity index (χ4n) is 2.87. The first-order valence-electron chi connectivity index (χ1n) is 7.93. The molecule has 1 aromatic heterocycles. The molecule has 0 radical (unpaired) electrons. The molecule has 2 heterocycles. The molecule has 0 spiro atoms. The Morgan fingerprint density at radius 3 is 2.77 bits per heavy atom. The summed E-state index contributed by atoms with van der Waals surface area (Å²) in [5.74, 6) is 0.517. The van der Waals surface area contributed by atoms with Gasteiger partial charge in [0.2, 0.25) is 10.0 Å². The van der Waals surface area contributed by atoms with E-state index in [1.54, 1.807) is 10.9 Å². The van der Waals surface area contributed by atoms with E-state index >= 15 is 0 Å². The quantitative estimate of drug-likeness (QED) is 0.867. The van der Waals surface area contributed by atoms with Crippen molar-refractivity contribution in [1.82, 2.24) is 19.3 Å². The van der Waals surface area contributed by atoms with Crippen molar-refractivity contribution in [2.24, 2.45) is 5.92 Å². The Kier molecular flexibility index (Phi) is 4.03. The van der Waals surface area contributed by atoms with Crippen molar-refractivity contribution in [3.8, 4) is 0 Å². The maximum atomic E-state index is 12.4. The van der Waals surface area contributed by atoms with Gasteiger partial charge in [0, 0.05) is 19.1 Å². The van der Waals surface area contributed by atoms with Gasteiger partial charge in [0.25, 0.3) is 0 Å². The summed E-state index contributed by atoms with van der Waals surface area (Å²) in [5, 5.41) is 19.0. The van der Waals surface area contributed by atoms with Gasteiger partial charge in [-0.3, -0.25) is 0 Å². The van der Waals surface area contributed by atoms with E-state index in [0.29, 0.717) is 31.0 Å². The van der Waals surface area contributed by atoms with E-state index in [1.165, 1.54) is 4.31 Å². The van der Waals surface area contributed by atoms with Crippen molar-refractivity contribution in [3.63, 3.8) is 0 Å². The lowest BCUT2D eigenvalue weighted by molar-refractivity contribution is -0.0162. The molecule has 0 bridgehead atoms. The van der Waals surface area contributed by atoms with Gasteiger partial charge in [0.05, 0.1) is 11.9 Å². The summed E-state index contributed by atoms with van der Waals surface area (Å²) in [7, 11) is -3.29. The zero-order valence-electron chi connectivity index (χ0n) is 13.1. The minimum Gasteiger partial charge on any atom is -0.382 e. The molecule has 1 aliphatic heterocycles. The summed E-state index contributed by atoms with van der Waals surface area (Å²) < 4.78 is 28.0. The highest BCUT2D eigenvalue weighted by molar-refractivity contribution is 7.89. The second-order valence-electron chi connectivity index (χ2n) is 6.87. The van der Waals surface area contributed by atoms with Gasteiger partial charge >= 0.3 is 0 Å². The van der Waals surface area contributed by atoms with Gasteiger partial charge in [-0.15, -0.1) is 5.10 Å². The predicted octanol–water partition coefficient (Wildman–Crippen LogP) is 0.882. The summed E-state index contributed by atoms with van der Waals surface area (Å²) >= 11 is 0. The van der Waals surface area contributed by atoms with Crippen LogP contribution in [-0.4, -0.2) is 51.7 Å². The Morgan fingerprint density at radius 1 is 1.45 bits per heavy atom. The van der Waals surface area contributed by atoms with Crippen LogP contribution in [0.4, 0.5) is 0 Å². The molecule has 1 aliphatic carbocycles. The molecular weight excluding hydrogens is 304 g/mol. The molecule has 0 unspecified atom stereocenters. The van der Waals surface area contributed by atoms with Crippen molar-refractivity contribution in [2.75, 3.05) is 18.8 Å². The lowest BCUT2D eigenvalue weighted by Gasteiger charge is -2.37. The lowest BCUT2D eigenvalue weighted by atomic mass is 9.91. The second kappa shape index (κ2) is 5.58. The van der Waals surface area contributed by atoms with E-state index in [9.17, 15) is 13.5 Å². The van der Waals surface area contributed by atoms with Crippen LogP contribution in [0.25, 0.3) is 0 Å². The maximum Gasteiger partial charge on any atom is 0.214 e. The number of piperidine rings is 1. The zero-order chi connectivity index (χ0) is 16.0. The number of nitrogens with zero attached hydrogens (tertiary/aromatic N) is 4. The molecule has 2 fully saturated rings. The van der Waals surface area contributed by atoms with Crippen LogP contribution in [0.3, 0.4) is 0 Å². The molecule has 1 N–H and O–H groups in total. The Balaban J connectivity index is 1.78. The topological polar surface area (TPSA) is 88.3 Å². The van der Waals surface area contributed by atoms with Crippen molar-refractivity contribution >= 4 is 10.0 Å². The van der Waals surface area contributed by atoms with Crippen molar-refractivity contribution < 1.29 is 13.5 Å². The largest absolute Gasteiger partial charge is 0.382 e. The number of β-amino-alcohol motifs (C(OH)–C–C–N with tert-alkyl or cyclic N) is 1. The first-order valence-corrected chi connectivity index (χ1v) is 9.54. The second-order valence-corrected chi connectivity index (χ2v) is 8.88. The molecule has 7 nitrogen and oxygen atoms in total. The number of sulfonamides is 1. The minimum absolute atomic E-state index is 0.0822. The molecule has 3 rings (SSSR count). The number of aromatic nitrogens is 3. The molecular formula is C14H24N4O3S. The van der Waals surface area contributed by atoms with E-state index in [0.717, 1.165) is 12.8 Å². The van der Waals surface area contributed by atoms with Crippen molar-refractivity contribution in [2.45, 2.75) is 51.2 Å². The summed E-state index contributed by atoms with van der Waals surface area (Å²) in [5.41, 5.74) is -0.769. The minimum atomic E-state index is -3.29. The van der Waals surface area contributed by atoms with Crippen LogP contribution < -0.4 is 0 Å². The third-order valence-electron chi connectivity index (χ3n) is 4.49. The molecule has 0 aromatic carbocycles. The number of aliphatic hydroxyl groups is 1. The number of hydrogen-bond donors (Lipinski definition) is 1. The number of hydrogen-bond acceptors (Lipinski definition) is 5. The van der Waals surface area contributed by atoms with Crippen LogP contribution in [0.5, 0.6) is 0 Å². The van der Waals surface area contributed by atoms with E-state index < -0.39 is 15.6 Å². The van der Waals surface area contributed by atoms with Crippen LogP contribution in [0, 0.1) is 5.92 Å². The SMILES string of the molecule is CC(C)n1cc([C@]2(O)CCCN(S(=O)(=O)CC3CC3)C2)nn1. The highest BCUT2D eigenvalue weighted by Crippen LogP contribution is 2.35. The van der Waals surface area contributed by atoms with Gasteiger partial charge in [-0.2, -0.15) is 4.31 Å². The van der Waals surface area contributed by atoms with Gasteiger partial charge < -0.3 is 5.11 Å². The van der Waals surface area contributed by atoms with Crippen LogP contribution in [-0.2, 0) is 15.6 Å². The smallest absolute Gasteiger partial charge is 0.214 e. The van der Waals surface area contributed by atoms with Crippen molar-refractivity contribution in [3.05, 3.63) is 11.9 Å². The molecule has 2 aliphatic rings. The average Bonchev–Trinajstić information content (AvgIpc) is 3.08. The highest BCUT2D eigenvalue weighted by Gasteiger charge is 2.42. The summed E-state index contributed by atoms with van der Waals surface area (Å²) in [4.78, 5) is 0. The van der Waals surface area contributed by atoms with Gasteiger partial charge in [-0.05, 0) is 45.4 Å². The van der Waals surface area contributed by atoms with E-state index in [4.69, 9.17) is 0 Å². The fraction of sp³-hybridized carbons (Fsp3) is 0.857. The molecule has 124 valence electrons. The van der Waals surface area contributed by atoms with Gasteiger partial charge in [0.15, 0.2) is 0 Å². The van der Waals surface area contributed by atoms with Crippen LogP contribution in [0.15, 0.2) is 6.20 Å². The maximum absolute atomic E-state index is 12.4. The molecule has 0 amide bonds. The van der Waals surface area contributed by atoms with E-state index in [1.807, 2.05) is 13.8 Å². The Hall–Kier alpha value is -0.990. The Morgan fingerprint density at radius 2 is 2.18 bits per heavy atom. The van der Waals surface area contributed by atoms with Crippen LogP contribution in [0.2, 0.25) is 0 Å².